The Labute approximate surface area is 86.4 Å². The Bertz CT molecular complexity index is 497. The Morgan fingerprint density at radius 2 is 2.33 bits per heavy atom. The monoisotopic (exact) mass is 201 g/mol. The highest BCUT2D eigenvalue weighted by molar-refractivity contribution is 5.32. The van der Waals surface area contributed by atoms with E-state index >= 15 is 0 Å². The average Bonchev–Trinajstić information content (AvgIpc) is 2.74. The molecule has 0 aliphatic heterocycles. The van der Waals surface area contributed by atoms with Gasteiger partial charge in [-0.05, 0) is 18.2 Å². The highest BCUT2D eigenvalue weighted by Gasteiger charge is 2.04. The number of benzene rings is 1. The van der Waals surface area contributed by atoms with Gasteiger partial charge in [0, 0.05) is 18.0 Å². The molecule has 0 fully saturated rings. The molecular weight excluding hydrogens is 193 g/mol. The maximum absolute atomic E-state index is 13.4. The summed E-state index contributed by atoms with van der Waals surface area (Å²) >= 11 is 0. The summed E-state index contributed by atoms with van der Waals surface area (Å²) in [6.45, 7) is 0.380. The number of rotatable bonds is 2. The van der Waals surface area contributed by atoms with Gasteiger partial charge in [0.1, 0.15) is 5.82 Å². The largest absolute Gasteiger partial charge is 0.268 e. The lowest BCUT2D eigenvalue weighted by Gasteiger charge is -2.03. The van der Waals surface area contributed by atoms with E-state index in [1.54, 1.807) is 35.3 Å². The van der Waals surface area contributed by atoms with Gasteiger partial charge in [-0.15, -0.1) is 0 Å². The second-order valence-corrected chi connectivity index (χ2v) is 3.12. The van der Waals surface area contributed by atoms with Crippen molar-refractivity contribution >= 4 is 0 Å². The summed E-state index contributed by atoms with van der Waals surface area (Å²) in [6.07, 6.45) is 3.40. The molecule has 0 N–H and O–H groups in total. The molecule has 3 nitrogen and oxygen atoms in total. The lowest BCUT2D eigenvalue weighted by atomic mass is 10.1. The molecule has 74 valence electrons. The van der Waals surface area contributed by atoms with E-state index in [-0.39, 0.29) is 5.82 Å². The van der Waals surface area contributed by atoms with Gasteiger partial charge in [-0.25, -0.2) is 4.39 Å². The number of aromatic nitrogens is 2. The van der Waals surface area contributed by atoms with Crippen LogP contribution in [0.1, 0.15) is 11.1 Å². The molecule has 2 rings (SSSR count). The van der Waals surface area contributed by atoms with Crippen molar-refractivity contribution in [2.75, 3.05) is 0 Å². The van der Waals surface area contributed by atoms with Gasteiger partial charge in [0.15, 0.2) is 0 Å². The van der Waals surface area contributed by atoms with Crippen LogP contribution in [0, 0.1) is 17.1 Å². The molecule has 0 saturated heterocycles. The van der Waals surface area contributed by atoms with Crippen molar-refractivity contribution in [3.05, 3.63) is 53.6 Å². The van der Waals surface area contributed by atoms with E-state index in [0.29, 0.717) is 17.7 Å². The van der Waals surface area contributed by atoms with E-state index in [4.69, 9.17) is 5.26 Å². The fourth-order valence-corrected chi connectivity index (χ4v) is 1.31. The summed E-state index contributed by atoms with van der Waals surface area (Å²) in [4.78, 5) is 0. The van der Waals surface area contributed by atoms with E-state index in [0.717, 1.165) is 0 Å². The number of halogens is 1. The van der Waals surface area contributed by atoms with E-state index in [1.807, 2.05) is 6.07 Å². The van der Waals surface area contributed by atoms with Gasteiger partial charge >= 0.3 is 0 Å². The first-order valence-electron chi connectivity index (χ1n) is 4.45. The number of hydrogen-bond acceptors (Lipinski definition) is 2. The maximum atomic E-state index is 13.4. The van der Waals surface area contributed by atoms with Crippen molar-refractivity contribution in [1.29, 1.82) is 5.26 Å². The van der Waals surface area contributed by atoms with Gasteiger partial charge in [-0.1, -0.05) is 6.07 Å². The predicted octanol–water partition coefficient (Wildman–Crippen LogP) is 1.94. The molecule has 0 saturated carbocycles. The predicted molar refractivity (Wildman–Crippen MR) is 52.4 cm³/mol. The van der Waals surface area contributed by atoms with Crippen molar-refractivity contribution in [2.24, 2.45) is 0 Å². The van der Waals surface area contributed by atoms with Crippen LogP contribution in [0.15, 0.2) is 36.7 Å². The van der Waals surface area contributed by atoms with Crippen molar-refractivity contribution in [3.8, 4) is 6.07 Å². The Balaban J connectivity index is 2.27. The fourth-order valence-electron chi connectivity index (χ4n) is 1.31. The molecule has 0 radical (unpaired) electrons. The van der Waals surface area contributed by atoms with Crippen LogP contribution in [-0.2, 0) is 6.54 Å². The van der Waals surface area contributed by atoms with Crippen molar-refractivity contribution in [3.63, 3.8) is 0 Å². The lowest BCUT2D eigenvalue weighted by Crippen LogP contribution is -2.02. The molecule has 4 heteroatoms. The quantitative estimate of drug-likeness (QED) is 0.745. The normalized spacial score (nSPS) is 9.87. The molecule has 0 bridgehead atoms. The van der Waals surface area contributed by atoms with E-state index in [9.17, 15) is 4.39 Å². The first-order chi connectivity index (χ1) is 7.29. The summed E-state index contributed by atoms with van der Waals surface area (Å²) < 4.78 is 15.1. The Kier molecular flexibility index (Phi) is 2.46. The average molecular weight is 201 g/mol. The smallest absolute Gasteiger partial charge is 0.129 e. The summed E-state index contributed by atoms with van der Waals surface area (Å²) in [5.74, 6) is -0.371. The van der Waals surface area contributed by atoms with E-state index < -0.39 is 0 Å². The minimum atomic E-state index is -0.371. The SMILES string of the molecule is N#Cc1ccc(Cn2cccn2)c(F)c1. The second kappa shape index (κ2) is 3.93. The topological polar surface area (TPSA) is 41.6 Å². The van der Waals surface area contributed by atoms with Crippen LogP contribution >= 0.6 is 0 Å². The summed E-state index contributed by atoms with van der Waals surface area (Å²) in [5.41, 5.74) is 0.856. The molecule has 0 spiro atoms. The Hall–Kier alpha value is -2.15. The minimum absolute atomic E-state index is 0.330. The number of nitrogens with zero attached hydrogens (tertiary/aromatic N) is 3. The van der Waals surface area contributed by atoms with Crippen molar-refractivity contribution < 1.29 is 4.39 Å². The molecular formula is C11H8FN3. The van der Waals surface area contributed by atoms with Crippen LogP contribution in [0.2, 0.25) is 0 Å². The van der Waals surface area contributed by atoms with Crippen LogP contribution < -0.4 is 0 Å². The highest BCUT2D eigenvalue weighted by atomic mass is 19.1. The molecule has 0 amide bonds. The molecule has 1 aromatic heterocycles. The van der Waals surface area contributed by atoms with Gasteiger partial charge in [0.25, 0.3) is 0 Å². The van der Waals surface area contributed by atoms with E-state index in [2.05, 4.69) is 5.10 Å². The Morgan fingerprint density at radius 1 is 1.47 bits per heavy atom. The molecule has 0 atom stereocenters. The molecule has 1 aromatic carbocycles. The van der Waals surface area contributed by atoms with Gasteiger partial charge in [-0.2, -0.15) is 10.4 Å². The number of hydrogen-bond donors (Lipinski definition) is 0. The second-order valence-electron chi connectivity index (χ2n) is 3.12. The van der Waals surface area contributed by atoms with E-state index in [1.165, 1.54) is 6.07 Å². The van der Waals surface area contributed by atoms with Crippen molar-refractivity contribution in [2.45, 2.75) is 6.54 Å². The molecule has 1 heterocycles. The number of nitriles is 1. The van der Waals surface area contributed by atoms with Crippen LogP contribution in [0.25, 0.3) is 0 Å². The third-order valence-electron chi connectivity index (χ3n) is 2.07. The van der Waals surface area contributed by atoms with Crippen LogP contribution in [-0.4, -0.2) is 9.78 Å². The summed E-state index contributed by atoms with van der Waals surface area (Å²) in [5, 5.41) is 12.6. The maximum Gasteiger partial charge on any atom is 0.129 e. The first-order valence-corrected chi connectivity index (χ1v) is 4.45. The Morgan fingerprint density at radius 3 is 2.93 bits per heavy atom. The first kappa shape index (κ1) is 9.41. The van der Waals surface area contributed by atoms with Crippen LogP contribution in [0.5, 0.6) is 0 Å². The van der Waals surface area contributed by atoms with Crippen LogP contribution in [0.3, 0.4) is 0 Å². The zero-order valence-corrected chi connectivity index (χ0v) is 7.89. The van der Waals surface area contributed by atoms with Crippen LogP contribution in [0.4, 0.5) is 4.39 Å². The fraction of sp³-hybridized carbons (Fsp3) is 0.0909. The van der Waals surface area contributed by atoms with Gasteiger partial charge in [0.2, 0.25) is 0 Å². The molecule has 0 unspecified atom stereocenters. The summed E-state index contributed by atoms with van der Waals surface area (Å²) in [7, 11) is 0. The van der Waals surface area contributed by atoms with Gasteiger partial charge in [0.05, 0.1) is 18.2 Å². The zero-order valence-electron chi connectivity index (χ0n) is 7.89. The zero-order chi connectivity index (χ0) is 10.7. The molecule has 15 heavy (non-hydrogen) atoms. The minimum Gasteiger partial charge on any atom is -0.268 e. The molecule has 0 aliphatic carbocycles. The third-order valence-corrected chi connectivity index (χ3v) is 2.07. The van der Waals surface area contributed by atoms with Crippen molar-refractivity contribution in [1.82, 2.24) is 9.78 Å². The lowest BCUT2D eigenvalue weighted by molar-refractivity contribution is 0.585. The highest BCUT2D eigenvalue weighted by Crippen LogP contribution is 2.10. The summed E-state index contributed by atoms with van der Waals surface area (Å²) in [6, 6.07) is 8.11. The third kappa shape index (κ3) is 2.02. The van der Waals surface area contributed by atoms with Gasteiger partial charge in [-0.3, -0.25) is 4.68 Å². The standard InChI is InChI=1S/C11H8FN3/c12-11-6-9(7-13)2-3-10(11)8-15-5-1-4-14-15/h1-6H,8H2. The van der Waals surface area contributed by atoms with Gasteiger partial charge < -0.3 is 0 Å². The molecule has 2 aromatic rings. The molecule has 0 aliphatic rings.